The summed E-state index contributed by atoms with van der Waals surface area (Å²) in [6.07, 6.45) is 5.94. The standard InChI is InChI=1S/C17H18BrFOS/c18-17-12(6-4-7-13(17)19)9-14(20)16-10-11-5-2-1-3-8-15(11)21-16/h4,6-7,10,14,20H,1-3,5,8-9H2. The zero-order chi connectivity index (χ0) is 14.8. The van der Waals surface area contributed by atoms with Crippen LogP contribution >= 0.6 is 27.3 Å². The van der Waals surface area contributed by atoms with Gasteiger partial charge in [0.05, 0.1) is 10.6 Å². The van der Waals surface area contributed by atoms with Crippen molar-refractivity contribution in [2.24, 2.45) is 0 Å². The van der Waals surface area contributed by atoms with Gasteiger partial charge in [-0.25, -0.2) is 4.39 Å². The van der Waals surface area contributed by atoms with Crippen molar-refractivity contribution in [1.82, 2.24) is 0 Å². The predicted octanol–water partition coefficient (Wildman–Crippen LogP) is 5.19. The van der Waals surface area contributed by atoms with Crippen molar-refractivity contribution in [3.63, 3.8) is 0 Å². The highest BCUT2D eigenvalue weighted by molar-refractivity contribution is 9.10. The first-order chi connectivity index (χ1) is 10.1. The molecule has 0 radical (unpaired) electrons. The molecule has 0 spiro atoms. The van der Waals surface area contributed by atoms with Gasteiger partial charge in [0.1, 0.15) is 5.82 Å². The Morgan fingerprint density at radius 2 is 2.05 bits per heavy atom. The van der Waals surface area contributed by atoms with Crippen molar-refractivity contribution in [3.05, 3.63) is 55.4 Å². The van der Waals surface area contributed by atoms with Crippen molar-refractivity contribution in [2.75, 3.05) is 0 Å². The molecule has 1 heterocycles. The molecular formula is C17H18BrFOS. The lowest BCUT2D eigenvalue weighted by Gasteiger charge is -2.10. The van der Waals surface area contributed by atoms with E-state index in [0.29, 0.717) is 10.9 Å². The second kappa shape index (κ2) is 6.59. The van der Waals surface area contributed by atoms with Crippen LogP contribution in [0.15, 0.2) is 28.7 Å². The summed E-state index contributed by atoms with van der Waals surface area (Å²) in [5.41, 5.74) is 2.22. The predicted molar refractivity (Wildman–Crippen MR) is 88.3 cm³/mol. The molecule has 21 heavy (non-hydrogen) atoms. The fourth-order valence-corrected chi connectivity index (χ4v) is 4.54. The summed E-state index contributed by atoms with van der Waals surface area (Å²) >= 11 is 4.99. The molecule has 2 aromatic rings. The van der Waals surface area contributed by atoms with E-state index in [1.165, 1.54) is 35.8 Å². The van der Waals surface area contributed by atoms with E-state index in [0.717, 1.165) is 23.3 Å². The number of aliphatic hydroxyl groups excluding tert-OH is 1. The van der Waals surface area contributed by atoms with E-state index in [9.17, 15) is 9.50 Å². The van der Waals surface area contributed by atoms with Gasteiger partial charge in [0.2, 0.25) is 0 Å². The van der Waals surface area contributed by atoms with Crippen molar-refractivity contribution in [1.29, 1.82) is 0 Å². The van der Waals surface area contributed by atoms with E-state index in [-0.39, 0.29) is 5.82 Å². The Labute approximate surface area is 137 Å². The first-order valence-electron chi connectivity index (χ1n) is 7.37. The summed E-state index contributed by atoms with van der Waals surface area (Å²) in [5, 5.41) is 10.5. The van der Waals surface area contributed by atoms with Crippen LogP contribution in [0.5, 0.6) is 0 Å². The number of aryl methyl sites for hydroxylation is 2. The smallest absolute Gasteiger partial charge is 0.137 e. The van der Waals surface area contributed by atoms with Crippen molar-refractivity contribution in [3.8, 4) is 0 Å². The van der Waals surface area contributed by atoms with E-state index < -0.39 is 6.10 Å². The molecular weight excluding hydrogens is 351 g/mol. The number of hydrogen-bond donors (Lipinski definition) is 1. The molecule has 112 valence electrons. The monoisotopic (exact) mass is 368 g/mol. The maximum atomic E-state index is 13.5. The normalized spacial score (nSPS) is 16.3. The Morgan fingerprint density at radius 1 is 1.24 bits per heavy atom. The Morgan fingerprint density at radius 3 is 2.90 bits per heavy atom. The molecule has 0 bridgehead atoms. The molecule has 1 aliphatic carbocycles. The molecule has 4 heteroatoms. The number of hydrogen-bond acceptors (Lipinski definition) is 2. The van der Waals surface area contributed by atoms with Crippen LogP contribution in [-0.2, 0) is 19.3 Å². The van der Waals surface area contributed by atoms with Crippen molar-refractivity contribution >= 4 is 27.3 Å². The molecule has 3 rings (SSSR count). The molecule has 0 amide bonds. The molecule has 1 atom stereocenters. The summed E-state index contributed by atoms with van der Waals surface area (Å²) in [7, 11) is 0. The Hall–Kier alpha value is -0.710. The van der Waals surface area contributed by atoms with Crippen LogP contribution in [0.4, 0.5) is 4.39 Å². The van der Waals surface area contributed by atoms with Crippen LogP contribution in [0.3, 0.4) is 0 Å². The summed E-state index contributed by atoms with van der Waals surface area (Å²) in [6, 6.07) is 7.12. The average molecular weight is 369 g/mol. The van der Waals surface area contributed by atoms with E-state index >= 15 is 0 Å². The number of thiophene rings is 1. The largest absolute Gasteiger partial charge is 0.387 e. The maximum absolute atomic E-state index is 13.5. The lowest BCUT2D eigenvalue weighted by molar-refractivity contribution is 0.182. The zero-order valence-corrected chi connectivity index (χ0v) is 14.1. The van der Waals surface area contributed by atoms with Gasteiger partial charge in [0, 0.05) is 16.2 Å². The third-order valence-corrected chi connectivity index (χ3v) is 6.27. The summed E-state index contributed by atoms with van der Waals surface area (Å²) in [4.78, 5) is 2.44. The van der Waals surface area contributed by atoms with Crippen LogP contribution in [0, 0.1) is 5.82 Å². The van der Waals surface area contributed by atoms with Crippen LogP contribution in [-0.4, -0.2) is 5.11 Å². The second-order valence-corrected chi connectivity index (χ2v) is 7.55. The Kier molecular flexibility index (Phi) is 4.77. The Bertz CT molecular complexity index is 614. The zero-order valence-electron chi connectivity index (χ0n) is 11.7. The molecule has 1 aromatic carbocycles. The van der Waals surface area contributed by atoms with Crippen LogP contribution in [0.1, 0.15) is 46.2 Å². The number of halogens is 2. The lowest BCUT2D eigenvalue weighted by Crippen LogP contribution is -2.01. The highest BCUT2D eigenvalue weighted by Crippen LogP contribution is 2.34. The summed E-state index contributed by atoms with van der Waals surface area (Å²) in [5.74, 6) is -0.276. The topological polar surface area (TPSA) is 20.2 Å². The molecule has 1 unspecified atom stereocenters. The minimum Gasteiger partial charge on any atom is -0.387 e. The molecule has 0 fully saturated rings. The van der Waals surface area contributed by atoms with Gasteiger partial charge in [-0.05, 0) is 64.9 Å². The fourth-order valence-electron chi connectivity index (χ4n) is 2.87. The highest BCUT2D eigenvalue weighted by Gasteiger charge is 2.18. The van der Waals surface area contributed by atoms with Gasteiger partial charge in [-0.1, -0.05) is 18.6 Å². The van der Waals surface area contributed by atoms with Crippen molar-refractivity contribution < 1.29 is 9.50 Å². The SMILES string of the molecule is OC(Cc1cccc(F)c1Br)c1cc2c(s1)CCCCC2. The summed E-state index contributed by atoms with van der Waals surface area (Å²) in [6.45, 7) is 0. The first-order valence-corrected chi connectivity index (χ1v) is 8.98. The molecule has 0 aliphatic heterocycles. The van der Waals surface area contributed by atoms with Gasteiger partial charge in [-0.2, -0.15) is 0 Å². The molecule has 1 nitrogen and oxygen atoms in total. The quantitative estimate of drug-likeness (QED) is 0.738. The van der Waals surface area contributed by atoms with E-state index in [1.807, 2.05) is 6.07 Å². The number of aliphatic hydroxyl groups is 1. The molecule has 0 saturated heterocycles. The number of rotatable bonds is 3. The number of benzene rings is 1. The van der Waals surface area contributed by atoms with Gasteiger partial charge < -0.3 is 5.11 Å². The van der Waals surface area contributed by atoms with Gasteiger partial charge >= 0.3 is 0 Å². The molecule has 1 N–H and O–H groups in total. The lowest BCUT2D eigenvalue weighted by atomic mass is 10.1. The minimum atomic E-state index is -0.556. The summed E-state index contributed by atoms with van der Waals surface area (Å²) < 4.78 is 14.0. The number of fused-ring (bicyclic) bond motifs is 1. The third kappa shape index (κ3) is 3.38. The minimum absolute atomic E-state index is 0.276. The van der Waals surface area contributed by atoms with Gasteiger partial charge in [0.25, 0.3) is 0 Å². The molecule has 1 aromatic heterocycles. The van der Waals surface area contributed by atoms with Gasteiger partial charge in [-0.15, -0.1) is 11.3 Å². The van der Waals surface area contributed by atoms with Gasteiger partial charge in [-0.3, -0.25) is 0 Å². The maximum Gasteiger partial charge on any atom is 0.137 e. The fraction of sp³-hybridized carbons (Fsp3) is 0.412. The second-order valence-electron chi connectivity index (χ2n) is 5.59. The van der Waals surface area contributed by atoms with Crippen LogP contribution < -0.4 is 0 Å². The van der Waals surface area contributed by atoms with E-state index in [1.54, 1.807) is 17.4 Å². The van der Waals surface area contributed by atoms with Gasteiger partial charge in [0.15, 0.2) is 0 Å². The van der Waals surface area contributed by atoms with E-state index in [2.05, 4.69) is 22.0 Å². The first kappa shape index (κ1) is 15.2. The Balaban J connectivity index is 1.79. The van der Waals surface area contributed by atoms with Crippen molar-refractivity contribution in [2.45, 2.75) is 44.6 Å². The molecule has 1 aliphatic rings. The molecule has 0 saturated carbocycles. The van der Waals surface area contributed by atoms with Crippen LogP contribution in [0.2, 0.25) is 0 Å². The van der Waals surface area contributed by atoms with Crippen LogP contribution in [0.25, 0.3) is 0 Å². The highest BCUT2D eigenvalue weighted by atomic mass is 79.9. The van der Waals surface area contributed by atoms with E-state index in [4.69, 9.17) is 0 Å². The third-order valence-electron chi connectivity index (χ3n) is 4.04. The average Bonchev–Trinajstić information content (AvgIpc) is 2.75.